The van der Waals surface area contributed by atoms with Gasteiger partial charge in [-0.05, 0) is 5.56 Å². The molecule has 1 amide bonds. The lowest BCUT2D eigenvalue weighted by molar-refractivity contribution is -0.132. The van der Waals surface area contributed by atoms with E-state index in [1.807, 2.05) is 36.4 Å². The predicted molar refractivity (Wildman–Crippen MR) is 99.8 cm³/mol. The molecular formula is C20H14N2O3S. The number of rotatable bonds is 3. The van der Waals surface area contributed by atoms with Crippen molar-refractivity contribution in [3.05, 3.63) is 88.9 Å². The van der Waals surface area contributed by atoms with Gasteiger partial charge in [-0.25, -0.2) is 4.98 Å². The molecule has 128 valence electrons. The Labute approximate surface area is 153 Å². The second-order valence-corrected chi connectivity index (χ2v) is 6.63. The molecule has 6 heteroatoms. The van der Waals surface area contributed by atoms with Crippen LogP contribution < -0.4 is 4.90 Å². The summed E-state index contributed by atoms with van der Waals surface area (Å²) in [5.41, 5.74) is 1.30. The van der Waals surface area contributed by atoms with E-state index in [0.717, 1.165) is 5.56 Å². The van der Waals surface area contributed by atoms with Crippen LogP contribution in [0.3, 0.4) is 0 Å². The van der Waals surface area contributed by atoms with Crippen LogP contribution >= 0.6 is 11.3 Å². The SMILES string of the molecule is O=C1C(=O)N(c2nccs2)[C@H](c2ccccc2)C1=C(O)c1ccccc1. The van der Waals surface area contributed by atoms with Gasteiger partial charge in [-0.15, -0.1) is 11.3 Å². The maximum absolute atomic E-state index is 12.8. The molecule has 1 saturated heterocycles. The molecule has 0 radical (unpaired) electrons. The van der Waals surface area contributed by atoms with Crippen LogP contribution in [0.5, 0.6) is 0 Å². The first-order valence-electron chi connectivity index (χ1n) is 7.99. The Morgan fingerprint density at radius 2 is 1.65 bits per heavy atom. The van der Waals surface area contributed by atoms with Gasteiger partial charge in [0.25, 0.3) is 5.78 Å². The number of aliphatic hydroxyl groups excluding tert-OH is 1. The summed E-state index contributed by atoms with van der Waals surface area (Å²) in [6.45, 7) is 0. The topological polar surface area (TPSA) is 70.5 Å². The molecule has 5 nitrogen and oxygen atoms in total. The molecule has 26 heavy (non-hydrogen) atoms. The fourth-order valence-electron chi connectivity index (χ4n) is 3.07. The number of anilines is 1. The number of thiazole rings is 1. The van der Waals surface area contributed by atoms with Gasteiger partial charge in [0.2, 0.25) is 0 Å². The summed E-state index contributed by atoms with van der Waals surface area (Å²) < 4.78 is 0. The third-order valence-electron chi connectivity index (χ3n) is 4.23. The highest BCUT2D eigenvalue weighted by molar-refractivity contribution is 7.14. The van der Waals surface area contributed by atoms with E-state index in [1.165, 1.54) is 16.2 Å². The Hall–Kier alpha value is -3.25. The van der Waals surface area contributed by atoms with Crippen LogP contribution in [0.1, 0.15) is 17.2 Å². The minimum atomic E-state index is -0.720. The van der Waals surface area contributed by atoms with Crippen LogP contribution in [-0.4, -0.2) is 21.8 Å². The maximum Gasteiger partial charge on any atom is 0.301 e. The fourth-order valence-corrected chi connectivity index (χ4v) is 3.73. The highest BCUT2D eigenvalue weighted by Crippen LogP contribution is 2.42. The first-order chi connectivity index (χ1) is 12.7. The van der Waals surface area contributed by atoms with Gasteiger partial charge in [-0.3, -0.25) is 14.5 Å². The van der Waals surface area contributed by atoms with E-state index in [0.29, 0.717) is 10.7 Å². The standard InChI is InChI=1S/C20H14N2O3S/c23-17(14-9-5-2-6-10-14)15-16(13-7-3-1-4-8-13)22(19(25)18(15)24)20-21-11-12-26-20/h1-12,16,23H/t16-/m1/s1. The zero-order chi connectivity index (χ0) is 18.1. The van der Waals surface area contributed by atoms with Crippen molar-refractivity contribution in [2.75, 3.05) is 4.90 Å². The van der Waals surface area contributed by atoms with Crippen molar-refractivity contribution in [2.45, 2.75) is 6.04 Å². The van der Waals surface area contributed by atoms with Gasteiger partial charge in [-0.1, -0.05) is 60.7 Å². The molecule has 1 aliphatic heterocycles. The maximum atomic E-state index is 12.8. The summed E-state index contributed by atoms with van der Waals surface area (Å²) in [5.74, 6) is -1.58. The zero-order valence-electron chi connectivity index (χ0n) is 13.6. The summed E-state index contributed by atoms with van der Waals surface area (Å²) in [6.07, 6.45) is 1.58. The van der Waals surface area contributed by atoms with Crippen LogP contribution in [0.4, 0.5) is 5.13 Å². The number of aliphatic hydroxyl groups is 1. The Morgan fingerprint density at radius 1 is 1.00 bits per heavy atom. The molecule has 0 spiro atoms. The van der Waals surface area contributed by atoms with Crippen LogP contribution in [0, 0.1) is 0 Å². The van der Waals surface area contributed by atoms with E-state index in [2.05, 4.69) is 4.98 Å². The number of aromatic nitrogens is 1. The summed E-state index contributed by atoms with van der Waals surface area (Å²) in [6, 6.07) is 17.2. The van der Waals surface area contributed by atoms with Gasteiger partial charge < -0.3 is 5.11 Å². The minimum Gasteiger partial charge on any atom is -0.507 e. The second-order valence-electron chi connectivity index (χ2n) is 5.76. The summed E-state index contributed by atoms with van der Waals surface area (Å²) in [4.78, 5) is 31.1. The second kappa shape index (κ2) is 6.57. The number of amides is 1. The van der Waals surface area contributed by atoms with E-state index in [4.69, 9.17) is 0 Å². The van der Waals surface area contributed by atoms with Gasteiger partial charge in [0.15, 0.2) is 5.13 Å². The molecule has 1 aliphatic rings. The lowest BCUT2D eigenvalue weighted by Gasteiger charge is -2.22. The fraction of sp³-hybridized carbons (Fsp3) is 0.0500. The number of nitrogens with zero attached hydrogens (tertiary/aromatic N) is 2. The van der Waals surface area contributed by atoms with Crippen molar-refractivity contribution in [2.24, 2.45) is 0 Å². The molecule has 1 aromatic heterocycles. The van der Waals surface area contributed by atoms with Crippen LogP contribution in [-0.2, 0) is 9.59 Å². The van der Waals surface area contributed by atoms with Crippen LogP contribution in [0.2, 0.25) is 0 Å². The number of hydrogen-bond donors (Lipinski definition) is 1. The van der Waals surface area contributed by atoms with Gasteiger partial charge >= 0.3 is 5.91 Å². The van der Waals surface area contributed by atoms with Gasteiger partial charge in [0.05, 0.1) is 11.6 Å². The molecule has 4 rings (SSSR count). The molecule has 2 aromatic carbocycles. The molecule has 0 bridgehead atoms. The lowest BCUT2D eigenvalue weighted by atomic mass is 9.95. The molecule has 1 fully saturated rings. The lowest BCUT2D eigenvalue weighted by Crippen LogP contribution is -2.29. The molecule has 0 saturated carbocycles. The smallest absolute Gasteiger partial charge is 0.301 e. The molecule has 0 aliphatic carbocycles. The number of hydrogen-bond acceptors (Lipinski definition) is 5. The highest BCUT2D eigenvalue weighted by Gasteiger charge is 2.47. The van der Waals surface area contributed by atoms with E-state index in [1.54, 1.807) is 35.8 Å². The number of carbonyl (C=O) groups excluding carboxylic acids is 2. The third kappa shape index (κ3) is 2.60. The van der Waals surface area contributed by atoms with Crippen molar-refractivity contribution in [1.82, 2.24) is 4.98 Å². The van der Waals surface area contributed by atoms with Crippen molar-refractivity contribution in [1.29, 1.82) is 0 Å². The average Bonchev–Trinajstić information content (AvgIpc) is 3.30. The van der Waals surface area contributed by atoms with E-state index in [-0.39, 0.29) is 11.3 Å². The molecular weight excluding hydrogens is 348 g/mol. The molecule has 2 heterocycles. The van der Waals surface area contributed by atoms with E-state index in [9.17, 15) is 14.7 Å². The Morgan fingerprint density at radius 3 is 2.27 bits per heavy atom. The first kappa shape index (κ1) is 16.2. The summed E-state index contributed by atoms with van der Waals surface area (Å²) >= 11 is 1.27. The van der Waals surface area contributed by atoms with Crippen molar-refractivity contribution >= 4 is 33.9 Å². The molecule has 3 aromatic rings. The number of Topliss-reactive ketones (excluding diaryl/α,β-unsaturated/α-hetero) is 1. The molecule has 1 N–H and O–H groups in total. The third-order valence-corrected chi connectivity index (χ3v) is 5.00. The van der Waals surface area contributed by atoms with Gasteiger partial charge in [0, 0.05) is 17.1 Å². The normalized spacial score (nSPS) is 19.1. The largest absolute Gasteiger partial charge is 0.507 e. The molecule has 0 unspecified atom stereocenters. The monoisotopic (exact) mass is 362 g/mol. The Balaban J connectivity index is 1.95. The quantitative estimate of drug-likeness (QED) is 0.437. The average molecular weight is 362 g/mol. The van der Waals surface area contributed by atoms with Crippen LogP contribution in [0.25, 0.3) is 5.76 Å². The first-order valence-corrected chi connectivity index (χ1v) is 8.87. The highest BCUT2D eigenvalue weighted by atomic mass is 32.1. The van der Waals surface area contributed by atoms with Gasteiger partial charge in [0.1, 0.15) is 5.76 Å². The summed E-state index contributed by atoms with van der Waals surface area (Å²) in [7, 11) is 0. The summed E-state index contributed by atoms with van der Waals surface area (Å²) in [5, 5.41) is 13.0. The number of ketones is 1. The molecule has 1 atom stereocenters. The Kier molecular flexibility index (Phi) is 4.10. The zero-order valence-corrected chi connectivity index (χ0v) is 14.4. The van der Waals surface area contributed by atoms with Crippen molar-refractivity contribution < 1.29 is 14.7 Å². The predicted octanol–water partition coefficient (Wildman–Crippen LogP) is 3.77. The van der Waals surface area contributed by atoms with Crippen LogP contribution in [0.15, 0.2) is 77.8 Å². The van der Waals surface area contributed by atoms with E-state index < -0.39 is 17.7 Å². The van der Waals surface area contributed by atoms with Crippen molar-refractivity contribution in [3.63, 3.8) is 0 Å². The Bertz CT molecular complexity index is 982. The number of carbonyl (C=O) groups is 2. The van der Waals surface area contributed by atoms with Crippen molar-refractivity contribution in [3.8, 4) is 0 Å². The van der Waals surface area contributed by atoms with E-state index >= 15 is 0 Å². The number of benzene rings is 2. The minimum absolute atomic E-state index is 0.0719. The van der Waals surface area contributed by atoms with Gasteiger partial charge in [-0.2, -0.15) is 0 Å².